The van der Waals surface area contributed by atoms with Gasteiger partial charge < -0.3 is 11.1 Å². The maximum atomic E-state index is 12.0. The van der Waals surface area contributed by atoms with Gasteiger partial charge in [0.25, 0.3) is 0 Å². The molecular weight excluding hydrogens is 242 g/mol. The number of unbranched alkanes of at least 4 members (excludes halogenated alkanes) is 2. The van der Waals surface area contributed by atoms with Crippen molar-refractivity contribution in [2.24, 2.45) is 11.7 Å². The summed E-state index contributed by atoms with van der Waals surface area (Å²) in [5.41, 5.74) is 5.31. The molecule has 0 heterocycles. The third-order valence-electron chi connectivity index (χ3n) is 3.67. The van der Waals surface area contributed by atoms with E-state index in [4.69, 9.17) is 11.0 Å². The van der Waals surface area contributed by atoms with E-state index in [1.165, 1.54) is 6.42 Å². The molecule has 2 amide bonds. The molecule has 1 aliphatic carbocycles. The number of primary amides is 1. The third-order valence-corrected chi connectivity index (χ3v) is 3.67. The fourth-order valence-corrected chi connectivity index (χ4v) is 2.49. The molecule has 5 heteroatoms. The second kappa shape index (κ2) is 8.52. The predicted molar refractivity (Wildman–Crippen MR) is 71.8 cm³/mol. The molecule has 1 fully saturated rings. The van der Waals surface area contributed by atoms with Gasteiger partial charge >= 0.3 is 0 Å². The molecule has 0 aromatic rings. The average Bonchev–Trinajstić information content (AvgIpc) is 2.42. The number of nitrogens with zero attached hydrogens (tertiary/aromatic N) is 1. The lowest BCUT2D eigenvalue weighted by Crippen LogP contribution is -2.46. The molecule has 0 aliphatic heterocycles. The maximum absolute atomic E-state index is 12.0. The number of nitrogens with one attached hydrogen (secondary N) is 1. The smallest absolute Gasteiger partial charge is 0.239 e. The van der Waals surface area contributed by atoms with Gasteiger partial charge in [-0.15, -0.1) is 0 Å². The van der Waals surface area contributed by atoms with Gasteiger partial charge in [0.15, 0.2) is 0 Å². The van der Waals surface area contributed by atoms with Gasteiger partial charge in [0.2, 0.25) is 11.8 Å². The first-order chi connectivity index (χ1) is 9.15. The van der Waals surface area contributed by atoms with Crippen LogP contribution in [0.2, 0.25) is 0 Å². The number of rotatable bonds is 7. The lowest BCUT2D eigenvalue weighted by atomic mass is 9.88. The van der Waals surface area contributed by atoms with Gasteiger partial charge in [-0.05, 0) is 32.1 Å². The van der Waals surface area contributed by atoms with Crippen LogP contribution in [0.3, 0.4) is 0 Å². The molecule has 5 nitrogen and oxygen atoms in total. The number of amides is 2. The van der Waals surface area contributed by atoms with Crippen molar-refractivity contribution in [1.82, 2.24) is 5.32 Å². The molecule has 0 unspecified atom stereocenters. The standard InChI is InChI=1S/C14H23N3O2/c15-10-6-2-5-9-12(13(16)18)17-14(19)11-7-3-1-4-8-11/h11-12H,1-9H2,(H2,16,18)(H,17,19)/t12-/m0/s1. The van der Waals surface area contributed by atoms with Crippen molar-refractivity contribution in [2.45, 2.75) is 63.8 Å². The highest BCUT2D eigenvalue weighted by atomic mass is 16.2. The van der Waals surface area contributed by atoms with Gasteiger partial charge in [-0.3, -0.25) is 9.59 Å². The van der Waals surface area contributed by atoms with Crippen LogP contribution in [0.25, 0.3) is 0 Å². The van der Waals surface area contributed by atoms with Gasteiger partial charge in [-0.25, -0.2) is 0 Å². The molecule has 0 spiro atoms. The van der Waals surface area contributed by atoms with Crippen molar-refractivity contribution in [2.75, 3.05) is 0 Å². The average molecular weight is 265 g/mol. The third kappa shape index (κ3) is 5.73. The fourth-order valence-electron chi connectivity index (χ4n) is 2.49. The van der Waals surface area contributed by atoms with Crippen molar-refractivity contribution in [3.63, 3.8) is 0 Å². The summed E-state index contributed by atoms with van der Waals surface area (Å²) in [6.07, 6.45) is 7.64. The number of nitrogens with two attached hydrogens (primary N) is 1. The van der Waals surface area contributed by atoms with Crippen molar-refractivity contribution >= 4 is 11.8 Å². The summed E-state index contributed by atoms with van der Waals surface area (Å²) in [6.45, 7) is 0. The van der Waals surface area contributed by atoms with Gasteiger partial charge in [-0.2, -0.15) is 5.26 Å². The van der Waals surface area contributed by atoms with Crippen LogP contribution < -0.4 is 11.1 Å². The van der Waals surface area contributed by atoms with Gasteiger partial charge in [0, 0.05) is 12.3 Å². The quantitative estimate of drug-likeness (QED) is 0.684. The molecule has 1 saturated carbocycles. The summed E-state index contributed by atoms with van der Waals surface area (Å²) in [6, 6.07) is 1.47. The van der Waals surface area contributed by atoms with Crippen LogP contribution in [0.4, 0.5) is 0 Å². The Labute approximate surface area is 114 Å². The molecule has 0 aromatic carbocycles. The van der Waals surface area contributed by atoms with Crippen LogP contribution in [0.5, 0.6) is 0 Å². The minimum atomic E-state index is -0.590. The first kappa shape index (κ1) is 15.5. The molecule has 0 saturated heterocycles. The Morgan fingerprint density at radius 2 is 1.95 bits per heavy atom. The molecular formula is C14H23N3O2. The summed E-state index contributed by atoms with van der Waals surface area (Å²) < 4.78 is 0. The molecule has 0 radical (unpaired) electrons. The number of hydrogen-bond acceptors (Lipinski definition) is 3. The SMILES string of the molecule is N#CCCCC[C@H](NC(=O)C1CCCCC1)C(N)=O. The largest absolute Gasteiger partial charge is 0.368 e. The van der Waals surface area contributed by atoms with Gasteiger partial charge in [0.1, 0.15) is 6.04 Å². The summed E-state index contributed by atoms with van der Waals surface area (Å²) in [5.74, 6) is -0.486. The normalized spacial score (nSPS) is 17.4. The lowest BCUT2D eigenvalue weighted by molar-refractivity contribution is -0.130. The number of nitriles is 1. The van der Waals surface area contributed by atoms with E-state index in [0.717, 1.165) is 38.5 Å². The first-order valence-electron chi connectivity index (χ1n) is 7.11. The van der Waals surface area contributed by atoms with Crippen LogP contribution in [-0.4, -0.2) is 17.9 Å². The lowest BCUT2D eigenvalue weighted by Gasteiger charge is -2.23. The van der Waals surface area contributed by atoms with Crippen molar-refractivity contribution < 1.29 is 9.59 Å². The van der Waals surface area contributed by atoms with Crippen LogP contribution in [0.15, 0.2) is 0 Å². The molecule has 1 aliphatic rings. The maximum Gasteiger partial charge on any atom is 0.239 e. The molecule has 0 aromatic heterocycles. The summed E-state index contributed by atoms with van der Waals surface area (Å²) in [4.78, 5) is 23.4. The number of hydrogen-bond donors (Lipinski definition) is 2. The van der Waals surface area contributed by atoms with Crippen molar-refractivity contribution in [3.8, 4) is 6.07 Å². The highest BCUT2D eigenvalue weighted by Crippen LogP contribution is 2.23. The fraction of sp³-hybridized carbons (Fsp3) is 0.786. The van der Waals surface area contributed by atoms with E-state index < -0.39 is 11.9 Å². The van der Waals surface area contributed by atoms with Crippen LogP contribution >= 0.6 is 0 Å². The van der Waals surface area contributed by atoms with E-state index in [0.29, 0.717) is 12.8 Å². The zero-order valence-electron chi connectivity index (χ0n) is 11.4. The van der Waals surface area contributed by atoms with E-state index in [1.54, 1.807) is 0 Å². The summed E-state index contributed by atoms with van der Waals surface area (Å²) >= 11 is 0. The zero-order chi connectivity index (χ0) is 14.1. The second-order valence-corrected chi connectivity index (χ2v) is 5.20. The Morgan fingerprint density at radius 1 is 1.26 bits per heavy atom. The highest BCUT2D eigenvalue weighted by molar-refractivity contribution is 5.87. The topological polar surface area (TPSA) is 96.0 Å². The molecule has 1 rings (SSSR count). The first-order valence-corrected chi connectivity index (χ1v) is 7.11. The Hall–Kier alpha value is -1.57. The number of carbonyl (C=O) groups excluding carboxylic acids is 2. The van der Waals surface area contributed by atoms with E-state index in [2.05, 4.69) is 11.4 Å². The molecule has 3 N–H and O–H groups in total. The van der Waals surface area contributed by atoms with Crippen molar-refractivity contribution in [3.05, 3.63) is 0 Å². The van der Waals surface area contributed by atoms with Crippen LogP contribution in [0.1, 0.15) is 57.8 Å². The second-order valence-electron chi connectivity index (χ2n) is 5.20. The Bertz CT molecular complexity index is 343. The molecule has 0 bridgehead atoms. The Kier molecular flexibility index (Phi) is 6.94. The van der Waals surface area contributed by atoms with Gasteiger partial charge in [-0.1, -0.05) is 19.3 Å². The molecule has 19 heavy (non-hydrogen) atoms. The zero-order valence-corrected chi connectivity index (χ0v) is 11.4. The van der Waals surface area contributed by atoms with E-state index in [1.807, 2.05) is 0 Å². The Morgan fingerprint density at radius 3 is 2.53 bits per heavy atom. The van der Waals surface area contributed by atoms with Gasteiger partial charge in [0.05, 0.1) is 6.07 Å². The minimum Gasteiger partial charge on any atom is -0.368 e. The van der Waals surface area contributed by atoms with Crippen molar-refractivity contribution in [1.29, 1.82) is 5.26 Å². The molecule has 1 atom stereocenters. The van der Waals surface area contributed by atoms with E-state index in [9.17, 15) is 9.59 Å². The molecule has 106 valence electrons. The van der Waals surface area contributed by atoms with E-state index >= 15 is 0 Å². The monoisotopic (exact) mass is 265 g/mol. The Balaban J connectivity index is 2.37. The minimum absolute atomic E-state index is 0.0368. The number of carbonyl (C=O) groups is 2. The summed E-state index contributed by atoms with van der Waals surface area (Å²) in [7, 11) is 0. The predicted octanol–water partition coefficient (Wildman–Crippen LogP) is 1.62. The van der Waals surface area contributed by atoms with Crippen LogP contribution in [-0.2, 0) is 9.59 Å². The van der Waals surface area contributed by atoms with E-state index in [-0.39, 0.29) is 11.8 Å². The highest BCUT2D eigenvalue weighted by Gasteiger charge is 2.25. The summed E-state index contributed by atoms with van der Waals surface area (Å²) in [5, 5.41) is 11.2. The van der Waals surface area contributed by atoms with Crippen LogP contribution in [0, 0.1) is 17.2 Å².